The van der Waals surface area contributed by atoms with Crippen LogP contribution in [0.4, 0.5) is 0 Å². The molecule has 32 heavy (non-hydrogen) atoms. The molecule has 168 valence electrons. The Hall–Kier alpha value is -2.45. The molecule has 0 spiro atoms. The van der Waals surface area contributed by atoms with Gasteiger partial charge in [0.25, 0.3) is 5.91 Å². The van der Waals surface area contributed by atoms with Crippen LogP contribution in [0.2, 0.25) is 5.02 Å². The fourth-order valence-corrected chi connectivity index (χ4v) is 5.26. The van der Waals surface area contributed by atoms with E-state index in [0.717, 1.165) is 50.5 Å². The van der Waals surface area contributed by atoms with E-state index < -0.39 is 5.66 Å². The van der Waals surface area contributed by atoms with E-state index in [-0.39, 0.29) is 18.4 Å². The maximum absolute atomic E-state index is 13.5. The number of hydrogen-bond donors (Lipinski definition) is 1. The zero-order chi connectivity index (χ0) is 22.1. The summed E-state index contributed by atoms with van der Waals surface area (Å²) in [6, 6.07) is 15.1. The third kappa shape index (κ3) is 3.49. The highest BCUT2D eigenvalue weighted by atomic mass is 35.5. The highest BCUT2D eigenvalue weighted by Gasteiger charge is 2.59. The standard InChI is InChI=1S/C24H27ClN4O3/c25-19-7-5-18(6-8-19)24-21-4-2-1-3-20(21)23(31)29(24)12-11-28(24)22(30)17-26-9-10-27-13-15-32-16-14-27/h1-8,26H,9-17H2. The molecule has 3 heterocycles. The molecular weight excluding hydrogens is 428 g/mol. The highest BCUT2D eigenvalue weighted by molar-refractivity contribution is 6.30. The van der Waals surface area contributed by atoms with Gasteiger partial charge in [0.05, 0.1) is 19.8 Å². The van der Waals surface area contributed by atoms with Crippen LogP contribution in [0.3, 0.4) is 0 Å². The molecule has 2 saturated heterocycles. The van der Waals surface area contributed by atoms with E-state index in [0.29, 0.717) is 23.7 Å². The number of halogens is 1. The third-order valence-corrected chi connectivity index (χ3v) is 6.89. The fourth-order valence-electron chi connectivity index (χ4n) is 5.13. The van der Waals surface area contributed by atoms with Crippen molar-refractivity contribution in [1.82, 2.24) is 20.0 Å². The van der Waals surface area contributed by atoms with Gasteiger partial charge in [0.2, 0.25) is 5.91 Å². The predicted molar refractivity (Wildman–Crippen MR) is 122 cm³/mol. The van der Waals surface area contributed by atoms with Crippen molar-refractivity contribution in [3.8, 4) is 0 Å². The molecule has 1 unspecified atom stereocenters. The van der Waals surface area contributed by atoms with Crippen LogP contribution in [0.15, 0.2) is 48.5 Å². The second kappa shape index (κ2) is 8.83. The van der Waals surface area contributed by atoms with Gasteiger partial charge in [-0.15, -0.1) is 0 Å². The molecular formula is C24H27ClN4O3. The van der Waals surface area contributed by atoms with E-state index in [2.05, 4.69) is 10.2 Å². The quantitative estimate of drug-likeness (QED) is 0.674. The molecule has 0 bridgehead atoms. The number of benzene rings is 2. The summed E-state index contributed by atoms with van der Waals surface area (Å²) in [7, 11) is 0. The summed E-state index contributed by atoms with van der Waals surface area (Å²) in [6.45, 7) is 6.20. The zero-order valence-corrected chi connectivity index (χ0v) is 18.7. The molecule has 7 nitrogen and oxygen atoms in total. The number of morpholine rings is 1. The summed E-state index contributed by atoms with van der Waals surface area (Å²) in [6.07, 6.45) is 0. The molecule has 2 aromatic carbocycles. The van der Waals surface area contributed by atoms with Gasteiger partial charge < -0.3 is 19.9 Å². The largest absolute Gasteiger partial charge is 0.379 e. The number of carbonyl (C=O) groups excluding carboxylic acids is 2. The normalized spacial score (nSPS) is 22.8. The van der Waals surface area contributed by atoms with Crippen molar-refractivity contribution in [1.29, 1.82) is 0 Å². The summed E-state index contributed by atoms with van der Waals surface area (Å²) in [5, 5.41) is 3.92. The fraction of sp³-hybridized carbons (Fsp3) is 0.417. The van der Waals surface area contributed by atoms with E-state index in [9.17, 15) is 9.59 Å². The molecule has 0 radical (unpaired) electrons. The van der Waals surface area contributed by atoms with Crippen molar-refractivity contribution in [3.63, 3.8) is 0 Å². The summed E-state index contributed by atoms with van der Waals surface area (Å²) in [4.78, 5) is 32.7. The van der Waals surface area contributed by atoms with Crippen LogP contribution >= 0.6 is 11.6 Å². The topological polar surface area (TPSA) is 65.1 Å². The number of fused-ring (bicyclic) bond motifs is 3. The van der Waals surface area contributed by atoms with Crippen molar-refractivity contribution in [2.75, 3.05) is 59.0 Å². The third-order valence-electron chi connectivity index (χ3n) is 6.64. The van der Waals surface area contributed by atoms with Gasteiger partial charge in [0, 0.05) is 61.0 Å². The number of rotatable bonds is 6. The lowest BCUT2D eigenvalue weighted by Crippen LogP contribution is -2.53. The first-order chi connectivity index (χ1) is 15.6. The van der Waals surface area contributed by atoms with Crippen LogP contribution in [0.1, 0.15) is 21.5 Å². The Labute approximate surface area is 192 Å². The van der Waals surface area contributed by atoms with Gasteiger partial charge in [-0.2, -0.15) is 0 Å². The van der Waals surface area contributed by atoms with Gasteiger partial charge in [-0.3, -0.25) is 14.5 Å². The number of nitrogens with zero attached hydrogens (tertiary/aromatic N) is 3. The van der Waals surface area contributed by atoms with Crippen LogP contribution in [0.25, 0.3) is 0 Å². The lowest BCUT2D eigenvalue weighted by molar-refractivity contribution is -0.135. The van der Waals surface area contributed by atoms with E-state index in [1.54, 1.807) is 0 Å². The van der Waals surface area contributed by atoms with E-state index in [1.165, 1.54) is 0 Å². The molecule has 8 heteroatoms. The first-order valence-electron chi connectivity index (χ1n) is 11.1. The van der Waals surface area contributed by atoms with Crippen molar-refractivity contribution in [2.24, 2.45) is 0 Å². The summed E-state index contributed by atoms with van der Waals surface area (Å²) in [5.74, 6) is -0.0555. The van der Waals surface area contributed by atoms with Crippen molar-refractivity contribution >= 4 is 23.4 Å². The van der Waals surface area contributed by atoms with Gasteiger partial charge >= 0.3 is 0 Å². The monoisotopic (exact) mass is 454 g/mol. The van der Waals surface area contributed by atoms with E-state index >= 15 is 0 Å². The first kappa shape index (κ1) is 21.4. The van der Waals surface area contributed by atoms with Gasteiger partial charge in [-0.1, -0.05) is 41.9 Å². The zero-order valence-electron chi connectivity index (χ0n) is 17.9. The molecule has 2 amide bonds. The number of nitrogens with one attached hydrogen (secondary N) is 1. The smallest absolute Gasteiger partial charge is 0.256 e. The molecule has 2 aromatic rings. The molecule has 1 atom stereocenters. The molecule has 0 aromatic heterocycles. The molecule has 0 saturated carbocycles. The maximum Gasteiger partial charge on any atom is 0.256 e. The highest BCUT2D eigenvalue weighted by Crippen LogP contribution is 2.49. The van der Waals surface area contributed by atoms with Crippen LogP contribution in [-0.4, -0.2) is 85.5 Å². The molecule has 3 aliphatic heterocycles. The first-order valence-corrected chi connectivity index (χ1v) is 11.5. The minimum atomic E-state index is -0.929. The minimum absolute atomic E-state index is 0.0195. The lowest BCUT2D eigenvalue weighted by Gasteiger charge is -2.40. The second-order valence-corrected chi connectivity index (χ2v) is 8.79. The maximum atomic E-state index is 13.5. The Kier molecular flexibility index (Phi) is 5.90. The second-order valence-electron chi connectivity index (χ2n) is 8.36. The number of hydrogen-bond acceptors (Lipinski definition) is 5. The van der Waals surface area contributed by atoms with E-state index in [1.807, 2.05) is 58.3 Å². The van der Waals surface area contributed by atoms with Crippen molar-refractivity contribution < 1.29 is 14.3 Å². The van der Waals surface area contributed by atoms with Gasteiger partial charge in [0.1, 0.15) is 0 Å². The molecule has 3 aliphatic rings. The number of carbonyl (C=O) groups is 2. The summed E-state index contributed by atoms with van der Waals surface area (Å²) < 4.78 is 5.39. The lowest BCUT2D eigenvalue weighted by atomic mass is 9.90. The van der Waals surface area contributed by atoms with Gasteiger partial charge in [-0.25, -0.2) is 0 Å². The van der Waals surface area contributed by atoms with Crippen LogP contribution < -0.4 is 5.32 Å². The van der Waals surface area contributed by atoms with Crippen LogP contribution in [0.5, 0.6) is 0 Å². The minimum Gasteiger partial charge on any atom is -0.379 e. The van der Waals surface area contributed by atoms with Crippen molar-refractivity contribution in [3.05, 3.63) is 70.2 Å². The van der Waals surface area contributed by atoms with Crippen LogP contribution in [0, 0.1) is 0 Å². The molecule has 1 N–H and O–H groups in total. The Morgan fingerprint density at radius 3 is 2.56 bits per heavy atom. The number of amides is 2. The van der Waals surface area contributed by atoms with Gasteiger partial charge in [-0.05, 0) is 18.2 Å². The molecule has 2 fully saturated rings. The predicted octanol–water partition coefficient (Wildman–Crippen LogP) is 1.76. The van der Waals surface area contributed by atoms with Gasteiger partial charge in [0.15, 0.2) is 5.66 Å². The van der Waals surface area contributed by atoms with Crippen molar-refractivity contribution in [2.45, 2.75) is 5.66 Å². The Morgan fingerprint density at radius 1 is 1.03 bits per heavy atom. The van der Waals surface area contributed by atoms with Crippen LogP contribution in [-0.2, 0) is 15.2 Å². The average Bonchev–Trinajstić information content (AvgIpc) is 3.33. The number of ether oxygens (including phenoxy) is 1. The SMILES string of the molecule is O=C(CNCCN1CCOCC1)N1CCN2C(=O)c3ccccc3C12c1ccc(Cl)cc1. The molecule has 5 rings (SSSR count). The Balaban J connectivity index is 1.40. The molecule has 0 aliphatic carbocycles. The Morgan fingerprint density at radius 2 is 1.78 bits per heavy atom. The Bertz CT molecular complexity index is 1010. The van der Waals surface area contributed by atoms with E-state index in [4.69, 9.17) is 16.3 Å². The summed E-state index contributed by atoms with van der Waals surface area (Å²) >= 11 is 6.15. The average molecular weight is 455 g/mol. The summed E-state index contributed by atoms with van der Waals surface area (Å²) in [5.41, 5.74) is 1.45.